The van der Waals surface area contributed by atoms with Gasteiger partial charge in [0.25, 0.3) is 6.43 Å². The normalized spacial score (nSPS) is 14.0. The van der Waals surface area contributed by atoms with Gasteiger partial charge in [0.15, 0.2) is 0 Å². The van der Waals surface area contributed by atoms with Crippen molar-refractivity contribution in [2.24, 2.45) is 0 Å². The van der Waals surface area contributed by atoms with Crippen molar-refractivity contribution in [1.82, 2.24) is 4.98 Å². The van der Waals surface area contributed by atoms with Crippen LogP contribution in [0.1, 0.15) is 29.4 Å². The zero-order valence-electron chi connectivity index (χ0n) is 10.2. The summed E-state index contributed by atoms with van der Waals surface area (Å²) < 4.78 is 77.1. The maximum absolute atomic E-state index is 13.7. The Balaban J connectivity index is 2.82. The summed E-state index contributed by atoms with van der Waals surface area (Å²) in [5.74, 6) is 0. The number of rotatable bonds is 2. The molecule has 0 aliphatic rings. The second kappa shape index (κ2) is 4.96. The number of nitrogens with zero attached hydrogens (tertiary/aromatic N) is 1. The largest absolute Gasteiger partial charge is 0.423 e. The van der Waals surface area contributed by atoms with Crippen molar-refractivity contribution in [3.05, 3.63) is 41.1 Å². The molecule has 0 aliphatic heterocycles. The summed E-state index contributed by atoms with van der Waals surface area (Å²) in [6, 6.07) is 5.34. The lowest BCUT2D eigenvalue weighted by atomic mass is 9.97. The zero-order valence-corrected chi connectivity index (χ0v) is 10.2. The van der Waals surface area contributed by atoms with Gasteiger partial charge < -0.3 is 0 Å². The van der Waals surface area contributed by atoms with Gasteiger partial charge in [0, 0.05) is 10.9 Å². The summed E-state index contributed by atoms with van der Waals surface area (Å²) in [6.45, 7) is 1.02. The number of benzene rings is 1. The molecular weight excluding hydrogens is 284 g/mol. The van der Waals surface area contributed by atoms with Gasteiger partial charge in [0.1, 0.15) is 5.69 Å². The molecule has 1 unspecified atom stereocenters. The highest BCUT2D eigenvalue weighted by Gasteiger charge is 2.43. The first-order valence-corrected chi connectivity index (χ1v) is 5.61. The highest BCUT2D eigenvalue weighted by Crippen LogP contribution is 2.42. The van der Waals surface area contributed by atoms with Crippen LogP contribution in [0.3, 0.4) is 0 Å². The fourth-order valence-electron chi connectivity index (χ4n) is 2.06. The van der Waals surface area contributed by atoms with Crippen molar-refractivity contribution in [1.29, 1.82) is 0 Å². The molecule has 20 heavy (non-hydrogen) atoms. The third-order valence-corrected chi connectivity index (χ3v) is 2.97. The van der Waals surface area contributed by atoms with Crippen molar-refractivity contribution < 1.29 is 26.3 Å². The SMILES string of the molecule is Cc1c(C(F)F)nc2ccccc2c1C(F)C(F)(F)F. The van der Waals surface area contributed by atoms with Gasteiger partial charge in [-0.05, 0) is 18.6 Å². The summed E-state index contributed by atoms with van der Waals surface area (Å²) in [6.07, 6.45) is -11.6. The molecule has 0 saturated carbocycles. The molecule has 1 aromatic carbocycles. The average Bonchev–Trinajstić information content (AvgIpc) is 2.36. The number of pyridine rings is 1. The summed E-state index contributed by atoms with van der Waals surface area (Å²) in [4.78, 5) is 3.62. The van der Waals surface area contributed by atoms with Crippen molar-refractivity contribution in [3.63, 3.8) is 0 Å². The topological polar surface area (TPSA) is 12.9 Å². The minimum Gasteiger partial charge on any atom is -0.247 e. The Morgan fingerprint density at radius 1 is 1.05 bits per heavy atom. The molecule has 0 saturated heterocycles. The third-order valence-electron chi connectivity index (χ3n) is 2.97. The quantitative estimate of drug-likeness (QED) is 0.706. The van der Waals surface area contributed by atoms with Crippen LogP contribution in [0.4, 0.5) is 26.3 Å². The Morgan fingerprint density at radius 3 is 2.20 bits per heavy atom. The molecule has 0 aliphatic carbocycles. The van der Waals surface area contributed by atoms with E-state index in [9.17, 15) is 26.3 Å². The van der Waals surface area contributed by atoms with Gasteiger partial charge in [-0.25, -0.2) is 18.2 Å². The average molecular weight is 293 g/mol. The van der Waals surface area contributed by atoms with Gasteiger partial charge in [-0.2, -0.15) is 13.2 Å². The molecule has 1 atom stereocenters. The van der Waals surface area contributed by atoms with Gasteiger partial charge in [0.05, 0.1) is 5.52 Å². The van der Waals surface area contributed by atoms with E-state index in [0.717, 1.165) is 6.92 Å². The maximum atomic E-state index is 13.7. The molecule has 2 rings (SSSR count). The van der Waals surface area contributed by atoms with Crippen molar-refractivity contribution in [3.8, 4) is 0 Å². The Hall–Kier alpha value is -1.79. The molecule has 0 N–H and O–H groups in total. The first-order chi connectivity index (χ1) is 9.23. The second-order valence-electron chi connectivity index (χ2n) is 4.26. The molecule has 1 heterocycles. The van der Waals surface area contributed by atoms with Crippen LogP contribution < -0.4 is 0 Å². The molecule has 0 radical (unpaired) electrons. The van der Waals surface area contributed by atoms with E-state index in [-0.39, 0.29) is 10.9 Å². The molecule has 1 aromatic heterocycles. The fraction of sp³-hybridized carbons (Fsp3) is 0.308. The number of fused-ring (bicyclic) bond motifs is 1. The van der Waals surface area contributed by atoms with Gasteiger partial charge in [0.2, 0.25) is 6.17 Å². The van der Waals surface area contributed by atoms with Crippen molar-refractivity contribution >= 4 is 10.9 Å². The van der Waals surface area contributed by atoms with Crippen molar-refractivity contribution in [2.45, 2.75) is 25.7 Å². The first kappa shape index (κ1) is 14.6. The lowest BCUT2D eigenvalue weighted by Gasteiger charge is -2.19. The van der Waals surface area contributed by atoms with Crippen LogP contribution >= 0.6 is 0 Å². The van der Waals surface area contributed by atoms with E-state index < -0.39 is 35.6 Å². The molecule has 0 spiro atoms. The maximum Gasteiger partial charge on any atom is 0.423 e. The molecule has 7 heteroatoms. The van der Waals surface area contributed by atoms with E-state index in [4.69, 9.17) is 0 Å². The lowest BCUT2D eigenvalue weighted by molar-refractivity contribution is -0.182. The number of para-hydroxylation sites is 1. The first-order valence-electron chi connectivity index (χ1n) is 5.61. The Morgan fingerprint density at radius 2 is 1.65 bits per heavy atom. The van der Waals surface area contributed by atoms with Crippen LogP contribution in [0.2, 0.25) is 0 Å². The van der Waals surface area contributed by atoms with E-state index in [2.05, 4.69) is 4.98 Å². The molecule has 1 nitrogen and oxygen atoms in total. The Bertz CT molecular complexity index is 635. The number of aromatic nitrogens is 1. The van der Waals surface area contributed by atoms with E-state index in [0.29, 0.717) is 0 Å². The lowest BCUT2D eigenvalue weighted by Crippen LogP contribution is -2.19. The van der Waals surface area contributed by atoms with E-state index >= 15 is 0 Å². The van der Waals surface area contributed by atoms with E-state index in [1.807, 2.05) is 0 Å². The monoisotopic (exact) mass is 293 g/mol. The Labute approximate surface area is 110 Å². The van der Waals surface area contributed by atoms with Crippen LogP contribution in [-0.2, 0) is 0 Å². The van der Waals surface area contributed by atoms with Crippen LogP contribution in [-0.4, -0.2) is 11.2 Å². The van der Waals surface area contributed by atoms with Gasteiger partial charge in [-0.15, -0.1) is 0 Å². The fourth-order valence-corrected chi connectivity index (χ4v) is 2.06. The summed E-state index contributed by atoms with van der Waals surface area (Å²) in [5.41, 5.74) is -2.18. The molecule has 0 bridgehead atoms. The highest BCUT2D eigenvalue weighted by atomic mass is 19.4. The molecular formula is C13H9F6N. The van der Waals surface area contributed by atoms with Gasteiger partial charge in [-0.3, -0.25) is 0 Å². The Kier molecular flexibility index (Phi) is 3.62. The predicted molar refractivity (Wildman–Crippen MR) is 61.3 cm³/mol. The van der Waals surface area contributed by atoms with Gasteiger partial charge in [-0.1, -0.05) is 18.2 Å². The van der Waals surface area contributed by atoms with Crippen LogP contribution in [0.25, 0.3) is 10.9 Å². The molecule has 0 amide bonds. The zero-order chi connectivity index (χ0) is 15.1. The second-order valence-corrected chi connectivity index (χ2v) is 4.26. The molecule has 0 fully saturated rings. The number of halogens is 6. The molecule has 108 valence electrons. The van der Waals surface area contributed by atoms with E-state index in [1.165, 1.54) is 24.3 Å². The smallest absolute Gasteiger partial charge is 0.247 e. The predicted octanol–water partition coefficient (Wildman–Crippen LogP) is 5.05. The molecule has 2 aromatic rings. The summed E-state index contributed by atoms with van der Waals surface area (Å²) in [7, 11) is 0. The van der Waals surface area contributed by atoms with Crippen molar-refractivity contribution in [2.75, 3.05) is 0 Å². The number of alkyl halides is 6. The van der Waals surface area contributed by atoms with Crippen LogP contribution in [0.15, 0.2) is 24.3 Å². The standard InChI is InChI=1S/C13H9F6N/c1-6-9(11(14)13(17,18)19)7-4-2-3-5-8(7)20-10(6)12(15)16/h2-5,11-12H,1H3. The van der Waals surface area contributed by atoms with Gasteiger partial charge >= 0.3 is 6.18 Å². The number of hydrogen-bond acceptors (Lipinski definition) is 1. The van der Waals surface area contributed by atoms with E-state index in [1.54, 1.807) is 0 Å². The highest BCUT2D eigenvalue weighted by molar-refractivity contribution is 5.84. The summed E-state index contributed by atoms with van der Waals surface area (Å²) >= 11 is 0. The van der Waals surface area contributed by atoms with Crippen LogP contribution in [0.5, 0.6) is 0 Å². The van der Waals surface area contributed by atoms with Crippen LogP contribution in [0, 0.1) is 6.92 Å². The third kappa shape index (κ3) is 2.44. The minimum absolute atomic E-state index is 0.0877. The minimum atomic E-state index is -5.16. The summed E-state index contributed by atoms with van der Waals surface area (Å²) in [5, 5.41) is -0.112. The number of hydrogen-bond donors (Lipinski definition) is 0.